The minimum Gasteiger partial charge on any atom is -0.490 e. The number of hydrogen-bond acceptors (Lipinski definition) is 6. The van der Waals surface area contributed by atoms with Gasteiger partial charge >= 0.3 is 6.09 Å². The summed E-state index contributed by atoms with van der Waals surface area (Å²) in [5.74, 6) is 0.791. The Morgan fingerprint density at radius 1 is 1.19 bits per heavy atom. The zero-order valence-corrected chi connectivity index (χ0v) is 16.2. The van der Waals surface area contributed by atoms with Gasteiger partial charge in [0.25, 0.3) is 5.91 Å². The highest BCUT2D eigenvalue weighted by Gasteiger charge is 2.15. The zero-order chi connectivity index (χ0) is 19.7. The fourth-order valence-electron chi connectivity index (χ4n) is 1.72. The lowest BCUT2D eigenvalue weighted by Gasteiger charge is -2.18. The summed E-state index contributed by atoms with van der Waals surface area (Å²) >= 11 is 0. The van der Waals surface area contributed by atoms with Gasteiger partial charge in [0.1, 0.15) is 5.60 Å². The third-order valence-corrected chi connectivity index (χ3v) is 2.89. The predicted octanol–water partition coefficient (Wildman–Crippen LogP) is 2.41. The summed E-state index contributed by atoms with van der Waals surface area (Å²) in [6, 6.07) is 5.13. The molecule has 8 nitrogen and oxygen atoms in total. The molecule has 0 aromatic heterocycles. The van der Waals surface area contributed by atoms with E-state index in [4.69, 9.17) is 14.2 Å². The molecule has 0 heterocycles. The molecule has 2 amide bonds. The lowest BCUT2D eigenvalue weighted by atomic mass is 10.2. The zero-order valence-electron chi connectivity index (χ0n) is 16.2. The standard InChI is InChI=1S/C18H27N3O5/c1-7-24-15-10-13(11-19-20-17(23)26-18(2,3)4)8-9-14(15)25-12-16(22)21(5)6/h8-11H,7,12H2,1-6H3,(H,20,23). The molecule has 0 radical (unpaired) electrons. The second-order valence-electron chi connectivity index (χ2n) is 6.59. The average Bonchev–Trinajstić information content (AvgIpc) is 2.52. The smallest absolute Gasteiger partial charge is 0.428 e. The maximum absolute atomic E-state index is 11.6. The summed E-state index contributed by atoms with van der Waals surface area (Å²) in [4.78, 5) is 24.6. The largest absolute Gasteiger partial charge is 0.490 e. The van der Waals surface area contributed by atoms with Crippen LogP contribution in [0.3, 0.4) is 0 Å². The first-order valence-corrected chi connectivity index (χ1v) is 8.24. The van der Waals surface area contributed by atoms with Gasteiger partial charge < -0.3 is 19.1 Å². The van der Waals surface area contributed by atoms with E-state index in [9.17, 15) is 9.59 Å². The lowest BCUT2D eigenvalue weighted by Crippen LogP contribution is -2.29. The van der Waals surface area contributed by atoms with Gasteiger partial charge in [0, 0.05) is 14.1 Å². The molecule has 1 aromatic carbocycles. The minimum absolute atomic E-state index is 0.0826. The molecule has 144 valence electrons. The van der Waals surface area contributed by atoms with Crippen molar-refractivity contribution in [3.63, 3.8) is 0 Å². The van der Waals surface area contributed by atoms with Gasteiger partial charge in [0.15, 0.2) is 18.1 Å². The van der Waals surface area contributed by atoms with Gasteiger partial charge in [-0.25, -0.2) is 10.2 Å². The van der Waals surface area contributed by atoms with Crippen LogP contribution in [-0.4, -0.2) is 56.0 Å². The van der Waals surface area contributed by atoms with Crippen LogP contribution in [0, 0.1) is 0 Å². The molecule has 1 N–H and O–H groups in total. The van der Waals surface area contributed by atoms with E-state index in [1.807, 2.05) is 6.92 Å². The highest BCUT2D eigenvalue weighted by atomic mass is 16.6. The second-order valence-corrected chi connectivity index (χ2v) is 6.59. The number of hydrogen-bond donors (Lipinski definition) is 1. The van der Waals surface area contributed by atoms with Crippen LogP contribution in [0.2, 0.25) is 0 Å². The van der Waals surface area contributed by atoms with Crippen LogP contribution in [0.5, 0.6) is 11.5 Å². The van der Waals surface area contributed by atoms with E-state index in [1.165, 1.54) is 11.1 Å². The monoisotopic (exact) mass is 365 g/mol. The Kier molecular flexibility index (Phi) is 7.89. The molecule has 1 rings (SSSR count). The molecular formula is C18H27N3O5. The molecular weight excluding hydrogens is 338 g/mol. The maximum atomic E-state index is 11.6. The van der Waals surface area contributed by atoms with Crippen LogP contribution in [0.1, 0.15) is 33.3 Å². The van der Waals surface area contributed by atoms with Crippen molar-refractivity contribution >= 4 is 18.2 Å². The molecule has 0 saturated carbocycles. The van der Waals surface area contributed by atoms with E-state index in [0.29, 0.717) is 23.7 Å². The molecule has 0 fully saturated rings. The van der Waals surface area contributed by atoms with Crippen LogP contribution in [0.15, 0.2) is 23.3 Å². The number of amides is 2. The molecule has 0 bridgehead atoms. The number of nitrogens with zero attached hydrogens (tertiary/aromatic N) is 2. The number of carbonyl (C=O) groups excluding carboxylic acids is 2. The maximum Gasteiger partial charge on any atom is 0.428 e. The molecule has 0 aliphatic rings. The Hall–Kier alpha value is -2.77. The normalized spacial score (nSPS) is 11.2. The summed E-state index contributed by atoms with van der Waals surface area (Å²) in [7, 11) is 3.32. The number of benzene rings is 1. The first-order chi connectivity index (χ1) is 12.1. The van der Waals surface area contributed by atoms with Crippen LogP contribution >= 0.6 is 0 Å². The highest BCUT2D eigenvalue weighted by Crippen LogP contribution is 2.28. The number of carbonyl (C=O) groups is 2. The fourth-order valence-corrected chi connectivity index (χ4v) is 1.72. The van der Waals surface area contributed by atoms with E-state index in [-0.39, 0.29) is 12.5 Å². The van der Waals surface area contributed by atoms with Gasteiger partial charge in [-0.2, -0.15) is 5.10 Å². The third-order valence-electron chi connectivity index (χ3n) is 2.89. The van der Waals surface area contributed by atoms with Gasteiger partial charge in [-0.15, -0.1) is 0 Å². The molecule has 0 atom stereocenters. The minimum atomic E-state index is -0.638. The van der Waals surface area contributed by atoms with Gasteiger partial charge in [0.05, 0.1) is 12.8 Å². The van der Waals surface area contributed by atoms with Crippen LogP contribution in [0.4, 0.5) is 4.79 Å². The molecule has 0 spiro atoms. The van der Waals surface area contributed by atoms with E-state index < -0.39 is 11.7 Å². The highest BCUT2D eigenvalue weighted by molar-refractivity contribution is 5.82. The first-order valence-electron chi connectivity index (χ1n) is 8.24. The van der Waals surface area contributed by atoms with Crippen molar-refractivity contribution < 1.29 is 23.8 Å². The lowest BCUT2D eigenvalue weighted by molar-refractivity contribution is -0.130. The number of rotatable bonds is 7. The van der Waals surface area contributed by atoms with Crippen LogP contribution < -0.4 is 14.9 Å². The number of ether oxygens (including phenoxy) is 3. The molecule has 26 heavy (non-hydrogen) atoms. The summed E-state index contributed by atoms with van der Waals surface area (Å²) < 4.78 is 16.1. The fraction of sp³-hybridized carbons (Fsp3) is 0.500. The Morgan fingerprint density at radius 3 is 2.46 bits per heavy atom. The Labute approximate surface area is 154 Å². The second kappa shape index (κ2) is 9.65. The number of nitrogens with one attached hydrogen (secondary N) is 1. The molecule has 0 saturated heterocycles. The molecule has 8 heteroatoms. The topological polar surface area (TPSA) is 89.5 Å². The van der Waals surface area contributed by atoms with Crippen molar-refractivity contribution in [2.75, 3.05) is 27.3 Å². The molecule has 0 aliphatic carbocycles. The SMILES string of the molecule is CCOc1cc(C=NNC(=O)OC(C)(C)C)ccc1OCC(=O)N(C)C. The molecule has 0 aliphatic heterocycles. The van der Waals surface area contributed by atoms with E-state index >= 15 is 0 Å². The van der Waals surface area contributed by atoms with Crippen molar-refractivity contribution in [3.8, 4) is 11.5 Å². The quantitative estimate of drug-likeness (QED) is 0.592. The molecule has 1 aromatic rings. The van der Waals surface area contributed by atoms with Crippen molar-refractivity contribution in [3.05, 3.63) is 23.8 Å². The van der Waals surface area contributed by atoms with E-state index in [2.05, 4.69) is 10.5 Å². The summed E-state index contributed by atoms with van der Waals surface area (Å²) in [5.41, 5.74) is 2.39. The van der Waals surface area contributed by atoms with Crippen molar-refractivity contribution in [1.82, 2.24) is 10.3 Å². The first kappa shape index (κ1) is 21.3. The summed E-state index contributed by atoms with van der Waals surface area (Å²) in [6.07, 6.45) is 0.821. The van der Waals surface area contributed by atoms with E-state index in [1.54, 1.807) is 53.1 Å². The van der Waals surface area contributed by atoms with Crippen LogP contribution in [-0.2, 0) is 9.53 Å². The van der Waals surface area contributed by atoms with Crippen LogP contribution in [0.25, 0.3) is 0 Å². The summed E-state index contributed by atoms with van der Waals surface area (Å²) in [6.45, 7) is 7.51. The van der Waals surface area contributed by atoms with Crippen molar-refractivity contribution in [1.29, 1.82) is 0 Å². The Morgan fingerprint density at radius 2 is 1.88 bits per heavy atom. The Balaban J connectivity index is 2.76. The van der Waals surface area contributed by atoms with Crippen molar-refractivity contribution in [2.24, 2.45) is 5.10 Å². The predicted molar refractivity (Wildman–Crippen MR) is 98.8 cm³/mol. The molecule has 0 unspecified atom stereocenters. The number of likely N-dealkylation sites (N-methyl/N-ethyl adjacent to an activating group) is 1. The van der Waals surface area contributed by atoms with Gasteiger partial charge in [-0.3, -0.25) is 4.79 Å². The summed E-state index contributed by atoms with van der Waals surface area (Å²) in [5, 5.41) is 3.85. The van der Waals surface area contributed by atoms with Crippen molar-refractivity contribution in [2.45, 2.75) is 33.3 Å². The third kappa shape index (κ3) is 7.87. The average molecular weight is 365 g/mol. The Bertz CT molecular complexity index is 651. The van der Waals surface area contributed by atoms with Gasteiger partial charge in [0.2, 0.25) is 0 Å². The van der Waals surface area contributed by atoms with Gasteiger partial charge in [-0.1, -0.05) is 0 Å². The number of hydrazone groups is 1. The van der Waals surface area contributed by atoms with E-state index in [0.717, 1.165) is 0 Å². The van der Waals surface area contributed by atoms with Gasteiger partial charge in [-0.05, 0) is 51.5 Å².